The second-order valence-corrected chi connectivity index (χ2v) is 5.37. The van der Waals surface area contributed by atoms with E-state index in [1.165, 1.54) is 12.8 Å². The first-order valence-electron chi connectivity index (χ1n) is 6.64. The zero-order chi connectivity index (χ0) is 12.6. The maximum atomic E-state index is 6.18. The monoisotopic (exact) mass is 236 g/mol. The molecule has 2 N–H and O–H groups in total. The number of anilines is 2. The van der Waals surface area contributed by atoms with Gasteiger partial charge in [-0.25, -0.2) is 4.68 Å². The smallest absolute Gasteiger partial charge is 0.150 e. The number of nitrogens with two attached hydrogens (primary N) is 1. The average Bonchev–Trinajstić information content (AvgIpc) is 2.85. The first-order valence-corrected chi connectivity index (χ1v) is 6.64. The van der Waals surface area contributed by atoms with Crippen molar-refractivity contribution in [2.75, 3.05) is 23.7 Å². The van der Waals surface area contributed by atoms with Crippen LogP contribution in [0.3, 0.4) is 0 Å². The van der Waals surface area contributed by atoms with Crippen LogP contribution in [-0.4, -0.2) is 22.9 Å². The van der Waals surface area contributed by atoms with Gasteiger partial charge in [-0.1, -0.05) is 13.3 Å². The number of aromatic nitrogens is 2. The Balaban J connectivity index is 2.31. The molecule has 17 heavy (non-hydrogen) atoms. The Labute approximate surface area is 104 Å². The second kappa shape index (κ2) is 4.59. The van der Waals surface area contributed by atoms with E-state index in [1.807, 2.05) is 6.92 Å². The van der Waals surface area contributed by atoms with Crippen LogP contribution in [0.25, 0.3) is 0 Å². The lowest BCUT2D eigenvalue weighted by Crippen LogP contribution is -2.24. The molecule has 1 atom stereocenters. The molecule has 0 amide bonds. The van der Waals surface area contributed by atoms with E-state index < -0.39 is 0 Å². The van der Waals surface area contributed by atoms with Gasteiger partial charge in [0.25, 0.3) is 0 Å². The zero-order valence-corrected chi connectivity index (χ0v) is 11.4. The summed E-state index contributed by atoms with van der Waals surface area (Å²) in [5, 5.41) is 4.56. The van der Waals surface area contributed by atoms with Gasteiger partial charge in [0.2, 0.25) is 0 Å². The van der Waals surface area contributed by atoms with Crippen molar-refractivity contribution in [1.29, 1.82) is 0 Å². The topological polar surface area (TPSA) is 47.1 Å². The highest BCUT2D eigenvalue weighted by molar-refractivity contribution is 5.66. The molecule has 1 unspecified atom stereocenters. The van der Waals surface area contributed by atoms with E-state index in [0.717, 1.165) is 36.2 Å². The van der Waals surface area contributed by atoms with Crippen molar-refractivity contribution in [3.63, 3.8) is 0 Å². The Bertz CT molecular complexity index is 394. The molecular formula is C13H24N4. The van der Waals surface area contributed by atoms with Crippen molar-refractivity contribution in [2.24, 2.45) is 5.92 Å². The van der Waals surface area contributed by atoms with Crippen molar-refractivity contribution < 1.29 is 0 Å². The molecule has 1 aromatic heterocycles. The quantitative estimate of drug-likeness (QED) is 0.877. The maximum absolute atomic E-state index is 6.18. The van der Waals surface area contributed by atoms with Crippen LogP contribution in [0, 0.1) is 12.8 Å². The van der Waals surface area contributed by atoms with Crippen LogP contribution in [0.2, 0.25) is 0 Å². The minimum absolute atomic E-state index is 0.363. The van der Waals surface area contributed by atoms with E-state index in [1.54, 1.807) is 0 Å². The van der Waals surface area contributed by atoms with E-state index in [9.17, 15) is 0 Å². The fourth-order valence-electron chi connectivity index (χ4n) is 2.58. The molecule has 1 aromatic rings. The molecule has 0 radical (unpaired) electrons. The Kier molecular flexibility index (Phi) is 3.31. The van der Waals surface area contributed by atoms with Crippen LogP contribution in [0.5, 0.6) is 0 Å². The predicted octanol–water partition coefficient (Wildman–Crippen LogP) is 2.59. The lowest BCUT2D eigenvalue weighted by Gasteiger charge is -2.22. The van der Waals surface area contributed by atoms with Crippen LogP contribution < -0.4 is 10.6 Å². The molecule has 4 heteroatoms. The molecule has 4 nitrogen and oxygen atoms in total. The van der Waals surface area contributed by atoms with E-state index in [0.29, 0.717) is 6.04 Å². The Morgan fingerprint density at radius 3 is 2.71 bits per heavy atom. The van der Waals surface area contributed by atoms with Gasteiger partial charge in [0.05, 0.1) is 11.4 Å². The van der Waals surface area contributed by atoms with Crippen LogP contribution in [0.15, 0.2) is 0 Å². The highest BCUT2D eigenvalue weighted by Crippen LogP contribution is 2.33. The van der Waals surface area contributed by atoms with Crippen LogP contribution >= 0.6 is 0 Å². The fraction of sp³-hybridized carbons (Fsp3) is 0.769. The summed E-state index contributed by atoms with van der Waals surface area (Å²) in [6.45, 7) is 10.8. The molecule has 0 saturated carbocycles. The summed E-state index contributed by atoms with van der Waals surface area (Å²) in [5.41, 5.74) is 7.99. The summed E-state index contributed by atoms with van der Waals surface area (Å²) in [4.78, 5) is 2.41. The first-order chi connectivity index (χ1) is 8.04. The lowest BCUT2D eigenvalue weighted by atomic mass is 10.1. The molecule has 1 saturated heterocycles. The molecule has 0 spiro atoms. The van der Waals surface area contributed by atoms with Gasteiger partial charge in [-0.2, -0.15) is 5.10 Å². The van der Waals surface area contributed by atoms with Gasteiger partial charge in [-0.15, -0.1) is 0 Å². The Morgan fingerprint density at radius 2 is 2.18 bits per heavy atom. The molecule has 0 bridgehead atoms. The molecule has 1 aliphatic rings. The van der Waals surface area contributed by atoms with Crippen LogP contribution in [-0.2, 0) is 0 Å². The van der Waals surface area contributed by atoms with Gasteiger partial charge >= 0.3 is 0 Å². The summed E-state index contributed by atoms with van der Waals surface area (Å²) < 4.78 is 2.07. The fourth-order valence-corrected chi connectivity index (χ4v) is 2.58. The molecule has 96 valence electrons. The number of aryl methyl sites for hydroxylation is 1. The van der Waals surface area contributed by atoms with E-state index in [2.05, 4.69) is 35.5 Å². The van der Waals surface area contributed by atoms with Gasteiger partial charge in [-0.05, 0) is 33.1 Å². The highest BCUT2D eigenvalue weighted by Gasteiger charge is 2.27. The van der Waals surface area contributed by atoms with Crippen molar-refractivity contribution in [3.8, 4) is 0 Å². The van der Waals surface area contributed by atoms with E-state index >= 15 is 0 Å². The van der Waals surface area contributed by atoms with E-state index in [4.69, 9.17) is 5.73 Å². The maximum Gasteiger partial charge on any atom is 0.150 e. The minimum atomic E-state index is 0.363. The molecule has 1 aliphatic heterocycles. The second-order valence-electron chi connectivity index (χ2n) is 5.37. The molecular weight excluding hydrogens is 212 g/mol. The van der Waals surface area contributed by atoms with Gasteiger partial charge < -0.3 is 10.6 Å². The minimum Gasteiger partial charge on any atom is -0.394 e. The summed E-state index contributed by atoms with van der Waals surface area (Å²) in [5.74, 6) is 1.94. The summed E-state index contributed by atoms with van der Waals surface area (Å²) in [6, 6.07) is 0.363. The van der Waals surface area contributed by atoms with Gasteiger partial charge in [0.15, 0.2) is 5.82 Å². The number of nitrogen functional groups attached to an aromatic ring is 1. The number of rotatable bonds is 3. The van der Waals surface area contributed by atoms with E-state index in [-0.39, 0.29) is 0 Å². The zero-order valence-electron chi connectivity index (χ0n) is 11.4. The summed E-state index contributed by atoms with van der Waals surface area (Å²) in [6.07, 6.45) is 2.53. The Hall–Kier alpha value is -1.19. The van der Waals surface area contributed by atoms with Gasteiger partial charge in [0, 0.05) is 19.1 Å². The van der Waals surface area contributed by atoms with Crippen molar-refractivity contribution in [2.45, 2.75) is 46.6 Å². The van der Waals surface area contributed by atoms with Crippen molar-refractivity contribution in [1.82, 2.24) is 9.78 Å². The molecule has 2 rings (SSSR count). The third-order valence-electron chi connectivity index (χ3n) is 3.76. The third-order valence-corrected chi connectivity index (χ3v) is 3.76. The molecule has 0 aromatic carbocycles. The number of hydrogen-bond donors (Lipinski definition) is 1. The predicted molar refractivity (Wildman–Crippen MR) is 72.4 cm³/mol. The van der Waals surface area contributed by atoms with Crippen LogP contribution in [0.1, 0.15) is 45.3 Å². The molecule has 1 fully saturated rings. The standard InChI is InChI=1S/C13H24N4/c1-5-11-6-7-16(8-11)13-12(14)10(4)15-17(13)9(2)3/h9,11H,5-8,14H2,1-4H3. The normalized spacial score (nSPS) is 20.5. The third kappa shape index (κ3) is 2.13. The van der Waals surface area contributed by atoms with Crippen LogP contribution in [0.4, 0.5) is 11.5 Å². The average molecular weight is 236 g/mol. The summed E-state index contributed by atoms with van der Waals surface area (Å²) in [7, 11) is 0. The largest absolute Gasteiger partial charge is 0.394 e. The number of nitrogens with zero attached hydrogens (tertiary/aromatic N) is 3. The number of hydrogen-bond acceptors (Lipinski definition) is 3. The molecule has 2 heterocycles. The highest BCUT2D eigenvalue weighted by atomic mass is 15.4. The lowest BCUT2D eigenvalue weighted by molar-refractivity contribution is 0.522. The summed E-state index contributed by atoms with van der Waals surface area (Å²) >= 11 is 0. The SMILES string of the molecule is CCC1CCN(c2c(N)c(C)nn2C(C)C)C1. The Morgan fingerprint density at radius 1 is 1.47 bits per heavy atom. The molecule has 0 aliphatic carbocycles. The van der Waals surface area contributed by atoms with Crippen molar-refractivity contribution >= 4 is 11.5 Å². The van der Waals surface area contributed by atoms with Gasteiger partial charge in [0.1, 0.15) is 0 Å². The van der Waals surface area contributed by atoms with Gasteiger partial charge in [-0.3, -0.25) is 0 Å². The first kappa shape index (κ1) is 12.3. The van der Waals surface area contributed by atoms with Crippen molar-refractivity contribution in [3.05, 3.63) is 5.69 Å².